The normalized spacial score (nSPS) is 12.9. The van der Waals surface area contributed by atoms with Crippen LogP contribution >= 0.6 is 0 Å². The first-order valence-electron chi connectivity index (χ1n) is 21.3. The van der Waals surface area contributed by atoms with Gasteiger partial charge in [-0.05, 0) is 6.42 Å². The van der Waals surface area contributed by atoms with Gasteiger partial charge in [0.2, 0.25) is 6.08 Å². The van der Waals surface area contributed by atoms with Crippen LogP contribution in [0.1, 0.15) is 146 Å². The van der Waals surface area contributed by atoms with Gasteiger partial charge in [-0.1, -0.05) is 236 Å². The largest absolute Gasteiger partial charge is 0.234 e. The SMILES string of the molecule is CCC[Si](CCC)(CCC)CCC[Si](CCCN=C=O)(CCC[Si](CCC)(CCC)CCC)CCC[Si](CCC)(CCC)CCC. The Kier molecular flexibility index (Phi) is 28.2. The van der Waals surface area contributed by atoms with Crippen LogP contribution in [0.5, 0.6) is 0 Å². The first-order chi connectivity index (χ1) is 22.2. The number of isocyanates is 1. The van der Waals surface area contributed by atoms with E-state index in [1.807, 2.05) is 6.08 Å². The second kappa shape index (κ2) is 28.0. The molecule has 0 radical (unpaired) electrons. The molecule has 0 heterocycles. The molecule has 0 aliphatic rings. The van der Waals surface area contributed by atoms with Crippen LogP contribution in [-0.2, 0) is 4.79 Å². The minimum Gasteiger partial charge on any atom is -0.211 e. The molecule has 0 fully saturated rings. The summed E-state index contributed by atoms with van der Waals surface area (Å²) in [6.07, 6.45) is 20.2. The van der Waals surface area contributed by atoms with Crippen LogP contribution in [-0.4, -0.2) is 44.9 Å². The van der Waals surface area contributed by atoms with Crippen molar-refractivity contribution < 1.29 is 4.79 Å². The van der Waals surface area contributed by atoms with E-state index in [0.29, 0.717) is 0 Å². The highest BCUT2D eigenvalue weighted by Gasteiger charge is 2.38. The fraction of sp³-hybridized carbons (Fsp3) is 0.975. The molecule has 0 N–H and O–H groups in total. The number of aliphatic imine (C=N–C) groups is 1. The maximum atomic E-state index is 11.1. The lowest BCUT2D eigenvalue weighted by Crippen LogP contribution is -2.39. The van der Waals surface area contributed by atoms with E-state index in [1.165, 1.54) is 83.1 Å². The Balaban J connectivity index is 6.39. The van der Waals surface area contributed by atoms with E-state index >= 15 is 0 Å². The quantitative estimate of drug-likeness (QED) is 0.0283. The summed E-state index contributed by atoms with van der Waals surface area (Å²) in [5.41, 5.74) is 0. The lowest BCUT2D eigenvalue weighted by molar-refractivity contribution is 0.562. The molecule has 0 spiro atoms. The van der Waals surface area contributed by atoms with Crippen molar-refractivity contribution in [2.75, 3.05) is 6.54 Å². The third-order valence-corrected chi connectivity index (χ3v) is 36.3. The summed E-state index contributed by atoms with van der Waals surface area (Å²) in [6.45, 7) is 22.8. The minimum absolute atomic E-state index is 0.721. The molecular formula is C40H87NOSi4. The van der Waals surface area contributed by atoms with Crippen molar-refractivity contribution in [2.24, 2.45) is 4.99 Å². The van der Waals surface area contributed by atoms with Crippen LogP contribution < -0.4 is 0 Å². The topological polar surface area (TPSA) is 29.4 Å². The van der Waals surface area contributed by atoms with Gasteiger partial charge in [0.15, 0.2) is 0 Å². The van der Waals surface area contributed by atoms with Crippen molar-refractivity contribution in [2.45, 2.75) is 242 Å². The molecular weight excluding hydrogens is 623 g/mol. The number of nitrogens with zero attached hydrogens (tertiary/aromatic N) is 1. The van der Waals surface area contributed by atoms with Gasteiger partial charge in [0.05, 0.1) is 38.8 Å². The molecule has 0 atom stereocenters. The van der Waals surface area contributed by atoms with Crippen LogP contribution in [0.25, 0.3) is 0 Å². The third-order valence-electron chi connectivity index (χ3n) is 12.3. The Morgan fingerprint density at radius 1 is 0.326 bits per heavy atom. The summed E-state index contributed by atoms with van der Waals surface area (Å²) in [5, 5.41) is 0. The van der Waals surface area contributed by atoms with Crippen LogP contribution in [0.2, 0.25) is 96.7 Å². The van der Waals surface area contributed by atoms with Gasteiger partial charge in [-0.15, -0.1) is 0 Å². The highest BCUT2D eigenvalue weighted by atomic mass is 28.3. The maximum Gasteiger partial charge on any atom is 0.234 e. The standard InChI is InChI=1S/C40H87NOSi4/c1-10-24-43(25-11-2,26-12-3)34-20-37-46(33-19-23-41-40-42,38-21-35-44(27-13-4,28-14-5)29-15-6)39-22-36-45(30-16-7,31-17-8)32-18-9/h10-39H2,1-9H3. The fourth-order valence-corrected chi connectivity index (χ4v) is 33.9. The predicted octanol–water partition coefficient (Wildman–Crippen LogP) is 15.4. The Hall–Kier alpha value is 0.248. The van der Waals surface area contributed by atoms with E-state index in [4.69, 9.17) is 0 Å². The van der Waals surface area contributed by atoms with Gasteiger partial charge in [-0.25, -0.2) is 9.79 Å². The fourth-order valence-electron chi connectivity index (χ4n) is 10.9. The van der Waals surface area contributed by atoms with Crippen molar-refractivity contribution in [1.29, 1.82) is 0 Å². The molecule has 0 unspecified atom stereocenters. The summed E-state index contributed by atoms with van der Waals surface area (Å²) in [6, 6.07) is 25.1. The molecule has 0 bridgehead atoms. The van der Waals surface area contributed by atoms with Gasteiger partial charge >= 0.3 is 0 Å². The molecule has 0 amide bonds. The first-order valence-corrected chi connectivity index (χ1v) is 32.6. The van der Waals surface area contributed by atoms with Crippen molar-refractivity contribution in [1.82, 2.24) is 0 Å². The van der Waals surface area contributed by atoms with Gasteiger partial charge in [0.25, 0.3) is 0 Å². The first kappa shape index (κ1) is 46.2. The number of rotatable bonds is 34. The molecule has 0 aromatic carbocycles. The third kappa shape index (κ3) is 18.3. The van der Waals surface area contributed by atoms with Crippen LogP contribution in [0.3, 0.4) is 0 Å². The average molecular weight is 710 g/mol. The summed E-state index contributed by atoms with van der Waals surface area (Å²) in [4.78, 5) is 15.2. The lowest BCUT2D eigenvalue weighted by atomic mass is 10.5. The van der Waals surface area contributed by atoms with Crippen molar-refractivity contribution >= 4 is 38.4 Å². The molecule has 0 aliphatic heterocycles. The van der Waals surface area contributed by atoms with Crippen LogP contribution in [0, 0.1) is 0 Å². The highest BCUT2D eigenvalue weighted by Crippen LogP contribution is 2.41. The zero-order valence-corrected chi connectivity index (χ0v) is 37.6. The summed E-state index contributed by atoms with van der Waals surface area (Å²) in [5.74, 6) is 0. The summed E-state index contributed by atoms with van der Waals surface area (Å²) in [7, 11) is -4.95. The van der Waals surface area contributed by atoms with E-state index < -0.39 is 32.3 Å². The lowest BCUT2D eigenvalue weighted by Gasteiger charge is -2.38. The predicted molar refractivity (Wildman–Crippen MR) is 224 cm³/mol. The monoisotopic (exact) mass is 710 g/mol. The average Bonchev–Trinajstić information content (AvgIpc) is 3.00. The summed E-state index contributed by atoms with van der Waals surface area (Å²) < 4.78 is 0. The molecule has 2 nitrogen and oxygen atoms in total. The van der Waals surface area contributed by atoms with E-state index in [2.05, 4.69) is 67.3 Å². The van der Waals surface area contributed by atoms with Gasteiger partial charge < -0.3 is 0 Å². The van der Waals surface area contributed by atoms with Gasteiger partial charge in [0, 0.05) is 0 Å². The number of hydrogen-bond donors (Lipinski definition) is 0. The van der Waals surface area contributed by atoms with Crippen molar-refractivity contribution in [3.63, 3.8) is 0 Å². The Labute approximate surface area is 296 Å². The van der Waals surface area contributed by atoms with Gasteiger partial charge in [-0.3, -0.25) is 0 Å². The maximum absolute atomic E-state index is 11.1. The van der Waals surface area contributed by atoms with Gasteiger partial charge in [-0.2, -0.15) is 0 Å². The van der Waals surface area contributed by atoms with E-state index in [0.717, 1.165) is 13.0 Å². The van der Waals surface area contributed by atoms with Crippen LogP contribution in [0.15, 0.2) is 4.99 Å². The molecule has 0 aromatic rings. The summed E-state index contributed by atoms with van der Waals surface area (Å²) >= 11 is 0. The Morgan fingerprint density at radius 2 is 0.522 bits per heavy atom. The van der Waals surface area contributed by atoms with E-state index in [1.54, 1.807) is 90.7 Å². The Morgan fingerprint density at radius 3 is 0.717 bits per heavy atom. The molecule has 0 aromatic heterocycles. The zero-order valence-electron chi connectivity index (χ0n) is 33.6. The van der Waals surface area contributed by atoms with Crippen molar-refractivity contribution in [3.05, 3.63) is 0 Å². The van der Waals surface area contributed by atoms with E-state index in [-0.39, 0.29) is 0 Å². The smallest absolute Gasteiger partial charge is 0.211 e. The molecule has 0 rings (SSSR count). The molecule has 0 saturated carbocycles. The zero-order chi connectivity index (χ0) is 34.6. The second-order valence-electron chi connectivity index (χ2n) is 16.4. The highest BCUT2D eigenvalue weighted by molar-refractivity contribution is 6.83. The molecule has 0 aliphatic carbocycles. The molecule has 6 heteroatoms. The molecule has 274 valence electrons. The number of carbonyl (C=O) groups excluding carboxylic acids is 1. The van der Waals surface area contributed by atoms with E-state index in [9.17, 15) is 4.79 Å². The minimum atomic E-state index is -1.47. The van der Waals surface area contributed by atoms with Gasteiger partial charge in [0.1, 0.15) is 0 Å². The molecule has 0 saturated heterocycles. The molecule has 46 heavy (non-hydrogen) atoms. The Bertz CT molecular complexity index is 624. The second-order valence-corrected chi connectivity index (χ2v) is 36.4. The van der Waals surface area contributed by atoms with Crippen LogP contribution in [0.4, 0.5) is 0 Å². The van der Waals surface area contributed by atoms with Crippen molar-refractivity contribution in [3.8, 4) is 0 Å². The number of hydrogen-bond acceptors (Lipinski definition) is 2.